The molecule has 0 spiro atoms. The van der Waals surface area contributed by atoms with Gasteiger partial charge in [-0.1, -0.05) is 17.7 Å². The summed E-state index contributed by atoms with van der Waals surface area (Å²) in [6.45, 7) is 5.44. The molecule has 6 heteroatoms. The number of hydrogen-bond donors (Lipinski definition) is 1. The van der Waals surface area contributed by atoms with E-state index in [1.54, 1.807) is 6.08 Å². The number of hydrogen-bond acceptors (Lipinski definition) is 2. The van der Waals surface area contributed by atoms with Crippen LogP contribution in [0.4, 0.5) is 10.1 Å². The fraction of sp³-hybridized carbons (Fsp3) is 0.286. The molecule has 0 bridgehead atoms. The molecule has 1 aromatic rings. The molecular weight excluding hydrogens is 283 g/mol. The van der Waals surface area contributed by atoms with Crippen molar-refractivity contribution < 1.29 is 14.0 Å². The Bertz CT molecular complexity index is 520. The molecule has 2 amide bonds. The molecule has 0 saturated heterocycles. The minimum Gasteiger partial charge on any atom is -0.353 e. The second-order valence-electron chi connectivity index (χ2n) is 4.11. The molecule has 0 heterocycles. The van der Waals surface area contributed by atoms with Gasteiger partial charge in [0, 0.05) is 32.1 Å². The van der Waals surface area contributed by atoms with Crippen LogP contribution in [0.2, 0.25) is 5.02 Å². The summed E-state index contributed by atoms with van der Waals surface area (Å²) in [6.07, 6.45) is 1.71. The molecular formula is C14H16ClFN2O2. The lowest BCUT2D eigenvalue weighted by molar-refractivity contribution is -0.120. The standard InChI is InChI=1S/C14H16ClFN2O2/c1-3-7-17-14(20)6-8-18(10(2)19)11-4-5-13(16)12(15)9-11/h3-5,9H,1,6-8H2,2H3,(H,17,20). The molecule has 0 aliphatic heterocycles. The first kappa shape index (κ1) is 16.2. The van der Waals surface area contributed by atoms with Crippen LogP contribution in [0.15, 0.2) is 30.9 Å². The maximum absolute atomic E-state index is 13.1. The van der Waals surface area contributed by atoms with Crippen molar-refractivity contribution in [3.8, 4) is 0 Å². The van der Waals surface area contributed by atoms with E-state index in [0.29, 0.717) is 12.2 Å². The van der Waals surface area contributed by atoms with Crippen molar-refractivity contribution >= 4 is 29.1 Å². The van der Waals surface area contributed by atoms with Crippen LogP contribution < -0.4 is 10.2 Å². The molecule has 20 heavy (non-hydrogen) atoms. The topological polar surface area (TPSA) is 49.4 Å². The summed E-state index contributed by atoms with van der Waals surface area (Å²) in [5.74, 6) is -0.990. The monoisotopic (exact) mass is 298 g/mol. The van der Waals surface area contributed by atoms with Gasteiger partial charge in [-0.2, -0.15) is 0 Å². The lowest BCUT2D eigenvalue weighted by Crippen LogP contribution is -2.33. The third kappa shape index (κ3) is 4.66. The van der Waals surface area contributed by atoms with Crippen molar-refractivity contribution in [3.05, 3.63) is 41.7 Å². The highest BCUT2D eigenvalue weighted by Crippen LogP contribution is 2.23. The Kier molecular flexibility index (Phi) is 6.18. The second-order valence-corrected chi connectivity index (χ2v) is 4.52. The first-order valence-corrected chi connectivity index (χ1v) is 6.44. The number of carbonyl (C=O) groups excluding carboxylic acids is 2. The SMILES string of the molecule is C=CCNC(=O)CCN(C(C)=O)c1ccc(F)c(Cl)c1. The lowest BCUT2D eigenvalue weighted by Gasteiger charge is -2.21. The number of halogens is 2. The number of nitrogens with one attached hydrogen (secondary N) is 1. The van der Waals surface area contributed by atoms with Gasteiger partial charge in [-0.05, 0) is 18.2 Å². The van der Waals surface area contributed by atoms with Crippen molar-refractivity contribution in [2.24, 2.45) is 0 Å². The van der Waals surface area contributed by atoms with Crippen LogP contribution in [-0.2, 0) is 9.59 Å². The van der Waals surface area contributed by atoms with E-state index in [2.05, 4.69) is 11.9 Å². The molecule has 0 radical (unpaired) electrons. The van der Waals surface area contributed by atoms with Gasteiger partial charge in [-0.25, -0.2) is 4.39 Å². The number of amides is 2. The maximum atomic E-state index is 13.1. The van der Waals surface area contributed by atoms with Gasteiger partial charge in [-0.15, -0.1) is 6.58 Å². The average Bonchev–Trinajstić information content (AvgIpc) is 2.40. The highest BCUT2D eigenvalue weighted by atomic mass is 35.5. The zero-order valence-electron chi connectivity index (χ0n) is 11.2. The largest absolute Gasteiger partial charge is 0.353 e. The fourth-order valence-corrected chi connectivity index (χ4v) is 1.78. The minimum atomic E-state index is -0.553. The van der Waals surface area contributed by atoms with Crippen LogP contribution in [0.5, 0.6) is 0 Å². The Morgan fingerprint density at radius 3 is 2.75 bits per heavy atom. The number of carbonyl (C=O) groups is 2. The van der Waals surface area contributed by atoms with E-state index in [1.165, 1.54) is 30.0 Å². The molecule has 0 atom stereocenters. The van der Waals surface area contributed by atoms with Crippen molar-refractivity contribution in [3.63, 3.8) is 0 Å². The van der Waals surface area contributed by atoms with Gasteiger partial charge in [0.25, 0.3) is 0 Å². The van der Waals surface area contributed by atoms with Crippen LogP contribution in [0.25, 0.3) is 0 Å². The number of rotatable bonds is 6. The van der Waals surface area contributed by atoms with E-state index in [4.69, 9.17) is 11.6 Å². The Labute approximate surface area is 122 Å². The lowest BCUT2D eigenvalue weighted by atomic mass is 10.2. The Hall–Kier alpha value is -1.88. The summed E-state index contributed by atoms with van der Waals surface area (Å²) in [7, 11) is 0. The maximum Gasteiger partial charge on any atom is 0.223 e. The first-order chi connectivity index (χ1) is 9.45. The van der Waals surface area contributed by atoms with Crippen LogP contribution in [-0.4, -0.2) is 24.9 Å². The van der Waals surface area contributed by atoms with Gasteiger partial charge in [0.1, 0.15) is 5.82 Å². The van der Waals surface area contributed by atoms with Crippen molar-refractivity contribution in [1.29, 1.82) is 0 Å². The highest BCUT2D eigenvalue weighted by Gasteiger charge is 2.14. The minimum absolute atomic E-state index is 0.0649. The zero-order chi connectivity index (χ0) is 15.1. The Morgan fingerprint density at radius 1 is 1.50 bits per heavy atom. The highest BCUT2D eigenvalue weighted by molar-refractivity contribution is 6.31. The molecule has 1 aromatic carbocycles. The van der Waals surface area contributed by atoms with Gasteiger partial charge in [-0.3, -0.25) is 9.59 Å². The molecule has 0 aromatic heterocycles. The summed E-state index contributed by atoms with van der Waals surface area (Å²) in [4.78, 5) is 24.5. The summed E-state index contributed by atoms with van der Waals surface area (Å²) in [6, 6.07) is 4.00. The van der Waals surface area contributed by atoms with E-state index in [-0.39, 0.29) is 29.8 Å². The fourth-order valence-electron chi connectivity index (χ4n) is 1.61. The van der Waals surface area contributed by atoms with Gasteiger partial charge < -0.3 is 10.2 Å². The molecule has 0 saturated carbocycles. The zero-order valence-corrected chi connectivity index (χ0v) is 11.9. The third-order valence-corrected chi connectivity index (χ3v) is 2.89. The summed E-state index contributed by atoms with van der Waals surface area (Å²) >= 11 is 5.69. The molecule has 108 valence electrons. The van der Waals surface area contributed by atoms with Gasteiger partial charge in [0.15, 0.2) is 0 Å². The van der Waals surface area contributed by atoms with E-state index in [1.807, 2.05) is 0 Å². The van der Waals surface area contributed by atoms with Crippen LogP contribution in [0, 0.1) is 5.82 Å². The molecule has 0 fully saturated rings. The van der Waals surface area contributed by atoms with Crippen molar-refractivity contribution in [2.45, 2.75) is 13.3 Å². The third-order valence-electron chi connectivity index (χ3n) is 2.60. The summed E-state index contributed by atoms with van der Waals surface area (Å²) < 4.78 is 13.1. The molecule has 0 aliphatic rings. The number of anilines is 1. The Morgan fingerprint density at radius 2 is 2.20 bits per heavy atom. The van der Waals surface area contributed by atoms with Gasteiger partial charge >= 0.3 is 0 Å². The smallest absolute Gasteiger partial charge is 0.223 e. The number of benzene rings is 1. The molecule has 1 N–H and O–H groups in total. The molecule has 4 nitrogen and oxygen atoms in total. The summed E-state index contributed by atoms with van der Waals surface area (Å²) in [5, 5.41) is 2.55. The predicted molar refractivity (Wildman–Crippen MR) is 77.3 cm³/mol. The quantitative estimate of drug-likeness (QED) is 0.821. The van der Waals surface area contributed by atoms with Gasteiger partial charge in [0.05, 0.1) is 5.02 Å². The van der Waals surface area contributed by atoms with Crippen LogP contribution in [0.3, 0.4) is 0 Å². The van der Waals surface area contributed by atoms with Crippen molar-refractivity contribution in [2.75, 3.05) is 18.0 Å². The van der Waals surface area contributed by atoms with Crippen molar-refractivity contribution in [1.82, 2.24) is 5.32 Å². The van der Waals surface area contributed by atoms with E-state index in [0.717, 1.165) is 0 Å². The van der Waals surface area contributed by atoms with Crippen LogP contribution in [0.1, 0.15) is 13.3 Å². The molecule has 1 rings (SSSR count). The molecule has 0 aliphatic carbocycles. The van der Waals surface area contributed by atoms with Crippen LogP contribution >= 0.6 is 11.6 Å². The summed E-state index contributed by atoms with van der Waals surface area (Å²) in [5.41, 5.74) is 0.459. The van der Waals surface area contributed by atoms with E-state index in [9.17, 15) is 14.0 Å². The average molecular weight is 299 g/mol. The molecule has 0 unspecified atom stereocenters. The van der Waals surface area contributed by atoms with E-state index >= 15 is 0 Å². The predicted octanol–water partition coefficient (Wildman–Crippen LogP) is 2.52. The Balaban J connectivity index is 2.74. The number of nitrogens with zero attached hydrogens (tertiary/aromatic N) is 1. The normalized spacial score (nSPS) is 9.95. The second kappa shape index (κ2) is 7.65. The van der Waals surface area contributed by atoms with Gasteiger partial charge in [0.2, 0.25) is 11.8 Å². The van der Waals surface area contributed by atoms with E-state index < -0.39 is 5.82 Å². The first-order valence-electron chi connectivity index (χ1n) is 6.06.